The Bertz CT molecular complexity index is 518. The zero-order valence-corrected chi connectivity index (χ0v) is 9.47. The van der Waals surface area contributed by atoms with E-state index in [-0.39, 0.29) is 5.75 Å². The molecule has 1 aliphatic rings. The normalized spacial score (nSPS) is 15.8. The molecule has 0 aliphatic heterocycles. The van der Waals surface area contributed by atoms with Crippen molar-refractivity contribution in [1.82, 2.24) is 10.1 Å². The molecule has 2 aromatic rings. The number of phenolic OH excluding ortho intramolecular Hbond substituents is 1. The number of hydrogen-bond acceptors (Lipinski definition) is 4. The maximum Gasteiger partial charge on any atom is 0.231 e. The molecule has 3 rings (SSSR count). The molecule has 0 atom stereocenters. The van der Waals surface area contributed by atoms with Gasteiger partial charge in [-0.2, -0.15) is 4.98 Å². The van der Waals surface area contributed by atoms with Crippen LogP contribution < -0.4 is 0 Å². The van der Waals surface area contributed by atoms with Crippen LogP contribution in [0.2, 0.25) is 0 Å². The van der Waals surface area contributed by atoms with Crippen LogP contribution in [0, 0.1) is 0 Å². The summed E-state index contributed by atoms with van der Waals surface area (Å²) < 4.78 is 5.21. The van der Waals surface area contributed by atoms with Gasteiger partial charge in [-0.1, -0.05) is 29.8 Å². The van der Waals surface area contributed by atoms with Crippen LogP contribution in [-0.2, 0) is 6.42 Å². The first-order valence-corrected chi connectivity index (χ1v) is 5.92. The van der Waals surface area contributed by atoms with Gasteiger partial charge in [-0.25, -0.2) is 0 Å². The molecule has 17 heavy (non-hydrogen) atoms. The van der Waals surface area contributed by atoms with Gasteiger partial charge in [0, 0.05) is 11.5 Å². The Labute approximate surface area is 99.3 Å². The molecule has 1 aromatic heterocycles. The van der Waals surface area contributed by atoms with Gasteiger partial charge in [0.15, 0.2) is 5.82 Å². The summed E-state index contributed by atoms with van der Waals surface area (Å²) in [5, 5.41) is 13.7. The van der Waals surface area contributed by atoms with Crippen molar-refractivity contribution in [3.05, 3.63) is 41.5 Å². The minimum absolute atomic E-state index is 0.274. The van der Waals surface area contributed by atoms with Gasteiger partial charge >= 0.3 is 0 Å². The van der Waals surface area contributed by atoms with Crippen LogP contribution in [0.1, 0.15) is 42.5 Å². The molecule has 0 amide bonds. The average molecular weight is 230 g/mol. The van der Waals surface area contributed by atoms with Gasteiger partial charge in [0.25, 0.3) is 0 Å². The molecular weight excluding hydrogens is 216 g/mol. The molecule has 88 valence electrons. The van der Waals surface area contributed by atoms with Crippen LogP contribution in [0.3, 0.4) is 0 Å². The van der Waals surface area contributed by atoms with E-state index in [1.807, 2.05) is 12.1 Å². The van der Waals surface area contributed by atoms with E-state index >= 15 is 0 Å². The molecule has 1 fully saturated rings. The highest BCUT2D eigenvalue weighted by atomic mass is 16.5. The quantitative estimate of drug-likeness (QED) is 0.880. The number of phenols is 1. The largest absolute Gasteiger partial charge is 0.508 e. The predicted molar refractivity (Wildman–Crippen MR) is 61.8 cm³/mol. The highest BCUT2D eigenvalue weighted by Gasteiger charge is 2.24. The highest BCUT2D eigenvalue weighted by Crippen LogP contribution is 2.34. The lowest BCUT2D eigenvalue weighted by molar-refractivity contribution is 0.349. The third kappa shape index (κ3) is 2.02. The third-order valence-electron chi connectivity index (χ3n) is 3.29. The summed E-state index contributed by atoms with van der Waals surface area (Å²) in [7, 11) is 0. The molecule has 1 aliphatic carbocycles. The van der Waals surface area contributed by atoms with Crippen LogP contribution in [0.15, 0.2) is 28.8 Å². The van der Waals surface area contributed by atoms with Gasteiger partial charge in [-0.05, 0) is 18.9 Å². The first-order valence-electron chi connectivity index (χ1n) is 5.92. The SMILES string of the molecule is Oc1ccccc1Cc1nc(C2CCC2)no1. The molecule has 1 aromatic carbocycles. The number of aromatic hydroxyl groups is 1. The second-order valence-electron chi connectivity index (χ2n) is 4.48. The first kappa shape index (κ1) is 10.3. The first-order chi connectivity index (χ1) is 8.33. The molecule has 0 spiro atoms. The Hall–Kier alpha value is -1.84. The second-order valence-corrected chi connectivity index (χ2v) is 4.48. The van der Waals surface area contributed by atoms with Crippen LogP contribution in [-0.4, -0.2) is 15.2 Å². The molecule has 0 saturated heterocycles. The summed E-state index contributed by atoms with van der Waals surface area (Å²) in [6.07, 6.45) is 4.07. The van der Waals surface area contributed by atoms with E-state index in [4.69, 9.17) is 4.52 Å². The van der Waals surface area contributed by atoms with Gasteiger partial charge in [-0.15, -0.1) is 0 Å². The summed E-state index contributed by atoms with van der Waals surface area (Å²) in [6, 6.07) is 7.21. The van der Waals surface area contributed by atoms with Gasteiger partial charge in [0.05, 0.1) is 6.42 Å². The van der Waals surface area contributed by atoms with E-state index in [2.05, 4.69) is 10.1 Å². The van der Waals surface area contributed by atoms with Crippen molar-refractivity contribution in [1.29, 1.82) is 0 Å². The summed E-state index contributed by atoms with van der Waals surface area (Å²) in [5.74, 6) is 2.16. The summed E-state index contributed by atoms with van der Waals surface area (Å²) in [6.45, 7) is 0. The fourth-order valence-electron chi connectivity index (χ4n) is 2.00. The minimum Gasteiger partial charge on any atom is -0.508 e. The number of rotatable bonds is 3. The lowest BCUT2D eigenvalue weighted by Gasteiger charge is -2.20. The molecule has 0 radical (unpaired) electrons. The minimum atomic E-state index is 0.274. The molecule has 1 saturated carbocycles. The predicted octanol–water partition coefficient (Wildman–Crippen LogP) is 2.63. The lowest BCUT2D eigenvalue weighted by Crippen LogP contribution is -2.10. The average Bonchev–Trinajstić information content (AvgIpc) is 2.67. The number of hydrogen-bond donors (Lipinski definition) is 1. The monoisotopic (exact) mass is 230 g/mol. The number of aromatic nitrogens is 2. The summed E-state index contributed by atoms with van der Waals surface area (Å²) in [4.78, 5) is 4.38. The van der Waals surface area contributed by atoms with E-state index in [1.165, 1.54) is 6.42 Å². The van der Waals surface area contributed by atoms with Crippen molar-refractivity contribution < 1.29 is 9.63 Å². The van der Waals surface area contributed by atoms with Crippen molar-refractivity contribution in [2.75, 3.05) is 0 Å². The zero-order valence-electron chi connectivity index (χ0n) is 9.47. The lowest BCUT2D eigenvalue weighted by atomic mass is 9.85. The van der Waals surface area contributed by atoms with Crippen molar-refractivity contribution in [3.63, 3.8) is 0 Å². The van der Waals surface area contributed by atoms with E-state index in [9.17, 15) is 5.11 Å². The summed E-state index contributed by atoms with van der Waals surface area (Å²) in [5.41, 5.74) is 0.816. The number of para-hydroxylation sites is 1. The molecule has 4 heteroatoms. The Morgan fingerprint density at radius 1 is 1.29 bits per heavy atom. The van der Waals surface area contributed by atoms with E-state index in [0.29, 0.717) is 18.2 Å². The Morgan fingerprint density at radius 3 is 2.82 bits per heavy atom. The second kappa shape index (κ2) is 4.20. The van der Waals surface area contributed by atoms with Crippen LogP contribution in [0.25, 0.3) is 0 Å². The molecule has 1 N–H and O–H groups in total. The zero-order chi connectivity index (χ0) is 11.7. The van der Waals surface area contributed by atoms with E-state index < -0.39 is 0 Å². The fraction of sp³-hybridized carbons (Fsp3) is 0.385. The van der Waals surface area contributed by atoms with Gasteiger partial charge in [0.2, 0.25) is 5.89 Å². The topological polar surface area (TPSA) is 59.2 Å². The highest BCUT2D eigenvalue weighted by molar-refractivity contribution is 5.33. The van der Waals surface area contributed by atoms with Crippen LogP contribution in [0.5, 0.6) is 5.75 Å². The van der Waals surface area contributed by atoms with Crippen molar-refractivity contribution in [2.24, 2.45) is 0 Å². The molecule has 0 bridgehead atoms. The van der Waals surface area contributed by atoms with Gasteiger partial charge in [0.1, 0.15) is 5.75 Å². The van der Waals surface area contributed by atoms with Crippen LogP contribution >= 0.6 is 0 Å². The van der Waals surface area contributed by atoms with Crippen molar-refractivity contribution >= 4 is 0 Å². The number of nitrogens with zero attached hydrogens (tertiary/aromatic N) is 2. The maximum absolute atomic E-state index is 9.66. The Balaban J connectivity index is 1.76. The maximum atomic E-state index is 9.66. The fourth-order valence-corrected chi connectivity index (χ4v) is 2.00. The van der Waals surface area contributed by atoms with Crippen LogP contribution in [0.4, 0.5) is 0 Å². The number of benzene rings is 1. The molecule has 0 unspecified atom stereocenters. The molecule has 1 heterocycles. The van der Waals surface area contributed by atoms with E-state index in [1.54, 1.807) is 12.1 Å². The standard InChI is InChI=1S/C13H14N2O2/c16-11-7-2-1-4-10(11)8-12-14-13(15-17-12)9-5-3-6-9/h1-2,4,7,9,16H,3,5-6,8H2. The van der Waals surface area contributed by atoms with Gasteiger partial charge < -0.3 is 9.63 Å². The third-order valence-corrected chi connectivity index (χ3v) is 3.29. The summed E-state index contributed by atoms with van der Waals surface area (Å²) >= 11 is 0. The van der Waals surface area contributed by atoms with E-state index in [0.717, 1.165) is 24.2 Å². The smallest absolute Gasteiger partial charge is 0.231 e. The van der Waals surface area contributed by atoms with Gasteiger partial charge in [-0.3, -0.25) is 0 Å². The van der Waals surface area contributed by atoms with Crippen molar-refractivity contribution in [2.45, 2.75) is 31.6 Å². The van der Waals surface area contributed by atoms with Crippen molar-refractivity contribution in [3.8, 4) is 5.75 Å². The molecule has 4 nitrogen and oxygen atoms in total. The molecular formula is C13H14N2O2. The Kier molecular flexibility index (Phi) is 2.55. The Morgan fingerprint density at radius 2 is 2.12 bits per heavy atom.